The van der Waals surface area contributed by atoms with Gasteiger partial charge in [-0.1, -0.05) is 11.8 Å². The van der Waals surface area contributed by atoms with Crippen LogP contribution in [0.4, 0.5) is 30.6 Å². The monoisotopic (exact) mass is 535 g/mol. The molecule has 0 unspecified atom stereocenters. The smallest absolute Gasteiger partial charge is 0.390 e. The number of hydrogen-bond donors (Lipinski definition) is 3. The minimum absolute atomic E-state index is 0.119. The van der Waals surface area contributed by atoms with E-state index in [4.69, 9.17) is 0 Å². The quantitative estimate of drug-likeness (QED) is 0.418. The van der Waals surface area contributed by atoms with Crippen molar-refractivity contribution in [2.45, 2.75) is 44.8 Å². The molecule has 2 aliphatic heterocycles. The molecule has 37 heavy (non-hydrogen) atoms. The minimum Gasteiger partial charge on any atom is -0.390 e. The molecule has 3 aromatic rings. The largest absolute Gasteiger partial charge is 0.435 e. The van der Waals surface area contributed by atoms with Crippen LogP contribution in [0.3, 0.4) is 0 Å². The van der Waals surface area contributed by atoms with Gasteiger partial charge >= 0.3 is 6.18 Å². The highest BCUT2D eigenvalue weighted by molar-refractivity contribution is 8.12. The maximum atomic E-state index is 13.1. The van der Waals surface area contributed by atoms with Gasteiger partial charge in [0.25, 0.3) is 5.91 Å². The van der Waals surface area contributed by atoms with Crippen LogP contribution >= 0.6 is 11.8 Å². The predicted molar refractivity (Wildman–Crippen MR) is 131 cm³/mol. The predicted octanol–water partition coefficient (Wildman–Crippen LogP) is 2.49. The summed E-state index contributed by atoms with van der Waals surface area (Å²) in [6.45, 7) is 3.74. The molecular formula is C22H24F3N9O2S. The van der Waals surface area contributed by atoms with Crippen LogP contribution in [-0.2, 0) is 31.1 Å². The second kappa shape index (κ2) is 8.76. The lowest BCUT2D eigenvalue weighted by Crippen LogP contribution is -2.64. The van der Waals surface area contributed by atoms with Crippen molar-refractivity contribution in [2.24, 2.45) is 7.05 Å². The van der Waals surface area contributed by atoms with Crippen molar-refractivity contribution in [3.63, 3.8) is 0 Å². The first kappa shape index (κ1) is 25.1. The van der Waals surface area contributed by atoms with E-state index in [1.54, 1.807) is 38.2 Å². The number of nitrogens with zero attached hydrogens (tertiary/aromatic N) is 7. The van der Waals surface area contributed by atoms with Crippen molar-refractivity contribution in [1.29, 1.82) is 0 Å². The van der Waals surface area contributed by atoms with E-state index in [1.807, 2.05) is 5.41 Å². The van der Waals surface area contributed by atoms with Gasteiger partial charge in [-0.3, -0.25) is 14.2 Å². The van der Waals surface area contributed by atoms with Crippen LogP contribution in [-0.4, -0.2) is 59.2 Å². The highest BCUT2D eigenvalue weighted by Gasteiger charge is 2.57. The highest BCUT2D eigenvalue weighted by atomic mass is 32.2. The van der Waals surface area contributed by atoms with Crippen molar-refractivity contribution in [3.8, 4) is 0 Å². The molecule has 5 rings (SSSR count). The van der Waals surface area contributed by atoms with E-state index in [-0.39, 0.29) is 12.5 Å². The molecule has 5 heterocycles. The fraction of sp³-hybridized carbons (Fsp3) is 0.409. The number of carbonyl (C=O) groups is 1. The van der Waals surface area contributed by atoms with E-state index < -0.39 is 23.5 Å². The molecule has 0 fully saturated rings. The summed E-state index contributed by atoms with van der Waals surface area (Å²) in [5, 5.41) is 26.1. The number of fused-ring (bicyclic) bond motifs is 1. The molecule has 0 aliphatic carbocycles. The molecule has 0 aromatic carbocycles. The summed E-state index contributed by atoms with van der Waals surface area (Å²) in [5.41, 5.74) is -0.0685. The third-order valence-corrected chi connectivity index (χ3v) is 7.23. The second-order valence-electron chi connectivity index (χ2n) is 8.93. The number of rotatable bonds is 7. The molecule has 0 saturated heterocycles. The Labute approximate surface area is 213 Å². The van der Waals surface area contributed by atoms with Crippen LogP contribution in [0.1, 0.15) is 29.6 Å². The van der Waals surface area contributed by atoms with E-state index >= 15 is 0 Å². The molecule has 3 aromatic heterocycles. The number of likely N-dealkylation sites (N-methyl/N-ethyl adjacent to an activating group) is 1. The summed E-state index contributed by atoms with van der Waals surface area (Å²) in [6, 6.07) is 1.00. The topological polar surface area (TPSA) is 126 Å². The standard InChI is InChI=1S/C22H24F3N9O2S/c1-11-17-18(32(3)21(12(2)35,16-10-37-16)19(36)29-17)30-20(28-11)26-6-13-7-27-34(8-13)9-14-5-15(22(23,24)25)31-33(14)4/h5,7-8,10,12,35H,6,9H2,1-4H3,(H,29,36)(H,26,28,30)/t12-,21+/m0/s1. The summed E-state index contributed by atoms with van der Waals surface area (Å²) in [4.78, 5) is 24.5. The minimum atomic E-state index is -4.51. The number of aromatic nitrogens is 6. The highest BCUT2D eigenvalue weighted by Crippen LogP contribution is 2.51. The Hall–Kier alpha value is -3.59. The molecule has 11 nitrogen and oxygen atoms in total. The fourth-order valence-electron chi connectivity index (χ4n) is 4.44. The van der Waals surface area contributed by atoms with Crippen LogP contribution < -0.4 is 15.5 Å². The summed E-state index contributed by atoms with van der Waals surface area (Å²) in [6.07, 6.45) is -2.19. The fourth-order valence-corrected chi connectivity index (χ4v) is 5.26. The number of carbonyl (C=O) groups excluding carboxylic acids is 1. The lowest BCUT2D eigenvalue weighted by atomic mass is 9.88. The molecule has 196 valence electrons. The van der Waals surface area contributed by atoms with Gasteiger partial charge in [0.2, 0.25) is 5.95 Å². The van der Waals surface area contributed by atoms with Gasteiger partial charge in [0.1, 0.15) is 5.69 Å². The van der Waals surface area contributed by atoms with Crippen LogP contribution in [0, 0.1) is 6.92 Å². The van der Waals surface area contributed by atoms with E-state index in [0.717, 1.165) is 16.5 Å². The van der Waals surface area contributed by atoms with Gasteiger partial charge in [0.05, 0.1) is 30.2 Å². The molecule has 1 amide bonds. The van der Waals surface area contributed by atoms with Crippen molar-refractivity contribution in [2.75, 3.05) is 22.6 Å². The Kier molecular flexibility index (Phi) is 5.94. The van der Waals surface area contributed by atoms with Crippen LogP contribution in [0.15, 0.2) is 28.8 Å². The molecule has 3 N–H and O–H groups in total. The molecule has 0 bridgehead atoms. The summed E-state index contributed by atoms with van der Waals surface area (Å²) in [7, 11) is 3.17. The molecule has 0 saturated carbocycles. The van der Waals surface area contributed by atoms with Gasteiger partial charge in [-0.2, -0.15) is 28.4 Å². The van der Waals surface area contributed by atoms with Gasteiger partial charge in [0, 0.05) is 37.3 Å². The SMILES string of the molecule is Cc1nc(NCc2cnn(Cc3cc(C(F)(F)F)nn3C)c2)nc2c1NC(=O)[C@](C1=CS1)([C@H](C)O)N2C. The van der Waals surface area contributed by atoms with Crippen LogP contribution in [0.2, 0.25) is 0 Å². The summed E-state index contributed by atoms with van der Waals surface area (Å²) < 4.78 is 41.5. The van der Waals surface area contributed by atoms with Crippen molar-refractivity contribution in [3.05, 3.63) is 51.4 Å². The Morgan fingerprint density at radius 3 is 2.65 bits per heavy atom. The number of hydrogen-bond acceptors (Lipinski definition) is 9. The first-order chi connectivity index (χ1) is 17.4. The van der Waals surface area contributed by atoms with Crippen molar-refractivity contribution < 1.29 is 23.1 Å². The molecule has 2 atom stereocenters. The van der Waals surface area contributed by atoms with E-state index in [9.17, 15) is 23.1 Å². The molecule has 0 spiro atoms. The van der Waals surface area contributed by atoms with Gasteiger partial charge < -0.3 is 20.6 Å². The van der Waals surface area contributed by atoms with Crippen LogP contribution in [0.5, 0.6) is 0 Å². The average molecular weight is 536 g/mol. The summed E-state index contributed by atoms with van der Waals surface area (Å²) >= 11 is 1.41. The number of aryl methyl sites for hydroxylation is 2. The zero-order chi connectivity index (χ0) is 26.7. The number of anilines is 3. The number of nitrogens with one attached hydrogen (secondary N) is 2. The van der Waals surface area contributed by atoms with Gasteiger partial charge in [-0.25, -0.2) is 4.98 Å². The first-order valence-corrected chi connectivity index (χ1v) is 12.1. The Bertz CT molecular complexity index is 1410. The van der Waals surface area contributed by atoms with Crippen LogP contribution in [0.25, 0.3) is 0 Å². The first-order valence-electron chi connectivity index (χ1n) is 11.3. The molecule has 0 radical (unpaired) electrons. The molecule has 2 aliphatic rings. The molecule has 15 heteroatoms. The summed E-state index contributed by atoms with van der Waals surface area (Å²) in [5.74, 6) is 0.436. The average Bonchev–Trinajstić information content (AvgIpc) is 3.44. The number of halogens is 3. The third-order valence-electron chi connectivity index (χ3n) is 6.45. The lowest BCUT2D eigenvalue weighted by molar-refractivity contribution is -0.141. The third kappa shape index (κ3) is 4.31. The second-order valence-corrected chi connectivity index (χ2v) is 9.84. The zero-order valence-electron chi connectivity index (χ0n) is 20.3. The molecular weight excluding hydrogens is 511 g/mol. The number of aliphatic hydroxyl groups excluding tert-OH is 1. The Morgan fingerprint density at radius 1 is 1.30 bits per heavy atom. The maximum Gasteiger partial charge on any atom is 0.435 e. The number of aliphatic hydroxyl groups is 1. The van der Waals surface area contributed by atoms with Crippen molar-refractivity contribution >= 4 is 35.1 Å². The van der Waals surface area contributed by atoms with E-state index in [1.165, 1.54) is 28.2 Å². The van der Waals surface area contributed by atoms with Gasteiger partial charge in [0.15, 0.2) is 17.1 Å². The lowest BCUT2D eigenvalue weighted by Gasteiger charge is -2.45. The number of alkyl halides is 3. The zero-order valence-corrected chi connectivity index (χ0v) is 21.1. The Balaban J connectivity index is 1.32. The maximum absolute atomic E-state index is 13.1. The Morgan fingerprint density at radius 2 is 2.03 bits per heavy atom. The van der Waals surface area contributed by atoms with Gasteiger partial charge in [-0.15, -0.1) is 0 Å². The van der Waals surface area contributed by atoms with Crippen molar-refractivity contribution in [1.82, 2.24) is 29.5 Å². The van der Waals surface area contributed by atoms with Gasteiger partial charge in [-0.05, 0) is 25.3 Å². The van der Waals surface area contributed by atoms with E-state index in [2.05, 4.69) is 30.8 Å². The normalized spacial score (nSPS) is 19.8. The number of thioether (sulfide) groups is 1. The number of amides is 1. The van der Waals surface area contributed by atoms with E-state index in [0.29, 0.717) is 35.4 Å².